The fourth-order valence-electron chi connectivity index (χ4n) is 7.70. The van der Waals surface area contributed by atoms with Crippen molar-refractivity contribution in [3.05, 3.63) is 24.3 Å². The van der Waals surface area contributed by atoms with Gasteiger partial charge in [0.1, 0.15) is 0 Å². The average molecular weight is 413 g/mol. The molecule has 4 rings (SSSR count). The lowest BCUT2D eigenvalue weighted by molar-refractivity contribution is -0.142. The Morgan fingerprint density at radius 1 is 1.13 bits per heavy atom. The third-order valence-corrected chi connectivity index (χ3v) is 10.1. The van der Waals surface area contributed by atoms with Crippen molar-refractivity contribution in [3.8, 4) is 0 Å². The second kappa shape index (κ2) is 7.89. The lowest BCUT2D eigenvalue weighted by Gasteiger charge is -2.65. The number of fused-ring (bicyclic) bond motifs is 3. The van der Waals surface area contributed by atoms with Gasteiger partial charge in [0.05, 0.1) is 6.54 Å². The molecule has 4 aliphatic carbocycles. The van der Waals surface area contributed by atoms with Crippen molar-refractivity contribution in [2.24, 2.45) is 27.9 Å². The van der Waals surface area contributed by atoms with Crippen LogP contribution in [0, 0.1) is 22.2 Å². The number of allylic oxidation sites excluding steroid dienone is 2. The van der Waals surface area contributed by atoms with Crippen molar-refractivity contribution in [2.75, 3.05) is 6.54 Å². The summed E-state index contributed by atoms with van der Waals surface area (Å²) in [5.41, 5.74) is 8.22. The van der Waals surface area contributed by atoms with Gasteiger partial charge in [-0.2, -0.15) is 0 Å². The van der Waals surface area contributed by atoms with Gasteiger partial charge in [-0.1, -0.05) is 64.2 Å². The number of rotatable bonds is 5. The molecule has 4 aliphatic rings. The highest BCUT2D eigenvalue weighted by Gasteiger charge is 2.65. The number of carbonyl (C=O) groups is 1. The summed E-state index contributed by atoms with van der Waals surface area (Å²) in [5.74, 6) is 0.952. The van der Waals surface area contributed by atoms with Crippen LogP contribution in [0.5, 0.6) is 0 Å². The maximum atomic E-state index is 13.7. The standard InChI is InChI=1S/C27H44N2O/c1-5-24(2)16-13-22-20(18-24)12-17-27(28)25(22,3)14-9-15-26(27,4)23(30)19-29-21-10-7-6-8-11-21/h5,13,20-21,29H,1,6-12,14-19,28H2,2-4H3/t20-,24-,25-,26-,27+/m0/s1. The van der Waals surface area contributed by atoms with Crippen LogP contribution >= 0.6 is 0 Å². The van der Waals surface area contributed by atoms with Crippen molar-refractivity contribution in [1.82, 2.24) is 5.32 Å². The van der Waals surface area contributed by atoms with Crippen molar-refractivity contribution >= 4 is 5.78 Å². The van der Waals surface area contributed by atoms with E-state index in [9.17, 15) is 4.79 Å². The Labute approximate surface area is 184 Å². The van der Waals surface area contributed by atoms with Gasteiger partial charge in [-0.3, -0.25) is 4.79 Å². The third kappa shape index (κ3) is 3.35. The lowest BCUT2D eigenvalue weighted by Crippen LogP contribution is -2.72. The van der Waals surface area contributed by atoms with E-state index in [1.165, 1.54) is 38.5 Å². The zero-order valence-electron chi connectivity index (χ0n) is 19.7. The Hall–Kier alpha value is -0.930. The summed E-state index contributed by atoms with van der Waals surface area (Å²) in [7, 11) is 0. The van der Waals surface area contributed by atoms with Crippen LogP contribution in [-0.2, 0) is 4.79 Å². The minimum absolute atomic E-state index is 0.0636. The molecule has 0 unspecified atom stereocenters. The van der Waals surface area contributed by atoms with Crippen LogP contribution in [0.1, 0.15) is 97.8 Å². The van der Waals surface area contributed by atoms with Gasteiger partial charge >= 0.3 is 0 Å². The van der Waals surface area contributed by atoms with E-state index in [1.54, 1.807) is 5.57 Å². The van der Waals surface area contributed by atoms with Gasteiger partial charge in [-0.05, 0) is 62.7 Å². The smallest absolute Gasteiger partial charge is 0.154 e. The maximum absolute atomic E-state index is 13.7. The van der Waals surface area contributed by atoms with Crippen LogP contribution < -0.4 is 11.1 Å². The van der Waals surface area contributed by atoms with Gasteiger partial charge in [0.15, 0.2) is 5.78 Å². The molecule has 0 aliphatic heterocycles. The number of Topliss-reactive ketones (excluding diaryl/α,β-unsaturated/α-hetero) is 1. The largest absolute Gasteiger partial charge is 0.324 e. The molecular formula is C27H44N2O. The molecule has 0 aromatic carbocycles. The molecule has 0 spiro atoms. The summed E-state index contributed by atoms with van der Waals surface area (Å²) < 4.78 is 0. The second-order valence-electron chi connectivity index (χ2n) is 11.8. The van der Waals surface area contributed by atoms with E-state index in [0.29, 0.717) is 24.3 Å². The first kappa shape index (κ1) is 22.3. The molecule has 0 radical (unpaired) electrons. The first-order chi connectivity index (χ1) is 14.2. The average Bonchev–Trinajstić information content (AvgIpc) is 2.74. The lowest BCUT2D eigenvalue weighted by atomic mass is 9.41. The first-order valence-corrected chi connectivity index (χ1v) is 12.6. The molecule has 30 heavy (non-hydrogen) atoms. The van der Waals surface area contributed by atoms with Gasteiger partial charge in [0, 0.05) is 22.4 Å². The number of hydrogen-bond donors (Lipinski definition) is 2. The van der Waals surface area contributed by atoms with E-state index in [0.717, 1.165) is 38.5 Å². The van der Waals surface area contributed by atoms with Crippen LogP contribution in [-0.4, -0.2) is 23.9 Å². The van der Waals surface area contributed by atoms with E-state index >= 15 is 0 Å². The van der Waals surface area contributed by atoms with Gasteiger partial charge in [-0.15, -0.1) is 6.58 Å². The molecule has 3 fully saturated rings. The molecule has 3 heteroatoms. The monoisotopic (exact) mass is 412 g/mol. The summed E-state index contributed by atoms with van der Waals surface area (Å²) in [4.78, 5) is 13.7. The molecule has 0 heterocycles. The highest BCUT2D eigenvalue weighted by molar-refractivity contribution is 5.88. The SMILES string of the molecule is C=C[C@@]1(C)CC=C2[C@@H](CC[C@]3(N)[C@](C)(C(=O)CNC4CCCCC4)CCC[C@@]23C)C1. The van der Waals surface area contributed by atoms with Crippen molar-refractivity contribution in [2.45, 2.75) is 109 Å². The predicted octanol–water partition coefficient (Wildman–Crippen LogP) is 5.69. The second-order valence-corrected chi connectivity index (χ2v) is 11.8. The van der Waals surface area contributed by atoms with E-state index < -0.39 is 11.0 Å². The van der Waals surface area contributed by atoms with Crippen LogP contribution in [0.2, 0.25) is 0 Å². The van der Waals surface area contributed by atoms with E-state index in [2.05, 4.69) is 44.8 Å². The summed E-state index contributed by atoms with van der Waals surface area (Å²) in [6.45, 7) is 11.5. The summed E-state index contributed by atoms with van der Waals surface area (Å²) in [5, 5.41) is 3.61. The van der Waals surface area contributed by atoms with Gasteiger partial charge < -0.3 is 11.1 Å². The van der Waals surface area contributed by atoms with E-state index in [-0.39, 0.29) is 10.8 Å². The molecule has 168 valence electrons. The molecule has 3 nitrogen and oxygen atoms in total. The van der Waals surface area contributed by atoms with Gasteiger partial charge in [0.25, 0.3) is 0 Å². The zero-order chi connectivity index (χ0) is 21.6. The first-order valence-electron chi connectivity index (χ1n) is 12.6. The van der Waals surface area contributed by atoms with Gasteiger partial charge in [0.2, 0.25) is 0 Å². The van der Waals surface area contributed by atoms with Crippen molar-refractivity contribution < 1.29 is 4.79 Å². The Balaban J connectivity index is 1.58. The number of nitrogens with one attached hydrogen (secondary N) is 1. The quantitative estimate of drug-likeness (QED) is 0.570. The molecule has 0 saturated heterocycles. The van der Waals surface area contributed by atoms with Crippen LogP contribution in [0.3, 0.4) is 0 Å². The highest BCUT2D eigenvalue weighted by Crippen LogP contribution is 2.64. The Kier molecular flexibility index (Phi) is 5.85. The molecule has 0 bridgehead atoms. The highest BCUT2D eigenvalue weighted by atomic mass is 16.1. The fraction of sp³-hybridized carbons (Fsp3) is 0.815. The summed E-state index contributed by atoms with van der Waals surface area (Å²) >= 11 is 0. The number of ketones is 1. The maximum Gasteiger partial charge on any atom is 0.154 e. The van der Waals surface area contributed by atoms with E-state index in [4.69, 9.17) is 5.73 Å². The number of hydrogen-bond acceptors (Lipinski definition) is 3. The van der Waals surface area contributed by atoms with Crippen molar-refractivity contribution in [3.63, 3.8) is 0 Å². The molecule has 3 saturated carbocycles. The Morgan fingerprint density at radius 3 is 2.57 bits per heavy atom. The van der Waals surface area contributed by atoms with Crippen molar-refractivity contribution in [1.29, 1.82) is 0 Å². The Morgan fingerprint density at radius 2 is 1.87 bits per heavy atom. The minimum atomic E-state index is -0.438. The molecule has 0 aromatic rings. The zero-order valence-corrected chi connectivity index (χ0v) is 19.7. The minimum Gasteiger partial charge on any atom is -0.324 e. The number of nitrogens with two attached hydrogens (primary N) is 1. The summed E-state index contributed by atoms with van der Waals surface area (Å²) in [6, 6.07) is 0.517. The van der Waals surface area contributed by atoms with Crippen LogP contribution in [0.15, 0.2) is 24.3 Å². The Bertz CT molecular complexity index is 722. The van der Waals surface area contributed by atoms with E-state index in [1.807, 2.05) is 0 Å². The molecule has 0 amide bonds. The molecular weight excluding hydrogens is 368 g/mol. The normalized spacial score (nSPS) is 44.5. The summed E-state index contributed by atoms with van der Waals surface area (Å²) in [6.07, 6.45) is 18.5. The third-order valence-electron chi connectivity index (χ3n) is 10.1. The number of carbonyl (C=O) groups excluding carboxylic acids is 1. The fourth-order valence-corrected chi connectivity index (χ4v) is 7.70. The molecule has 3 N–H and O–H groups in total. The predicted molar refractivity (Wildman–Crippen MR) is 125 cm³/mol. The van der Waals surface area contributed by atoms with Gasteiger partial charge in [-0.25, -0.2) is 0 Å². The topological polar surface area (TPSA) is 55.1 Å². The van der Waals surface area contributed by atoms with Crippen LogP contribution in [0.25, 0.3) is 0 Å². The van der Waals surface area contributed by atoms with Crippen LogP contribution in [0.4, 0.5) is 0 Å². The molecule has 0 aromatic heterocycles. The molecule has 5 atom stereocenters.